The molecule has 1 amide bonds. The zero-order chi connectivity index (χ0) is 20.0. The molecule has 0 saturated carbocycles. The molecule has 0 saturated heterocycles. The maximum atomic E-state index is 12.1. The molecule has 2 N–H and O–H groups in total. The Balaban J connectivity index is 2.12. The van der Waals surface area contributed by atoms with Gasteiger partial charge in [-0.3, -0.25) is 4.79 Å². The Hall–Kier alpha value is -2.83. The molecule has 7 nitrogen and oxygen atoms in total. The number of hydrogen-bond acceptors (Lipinski definition) is 5. The summed E-state index contributed by atoms with van der Waals surface area (Å²) in [6.45, 7) is 5.34. The first-order valence-corrected chi connectivity index (χ1v) is 9.08. The number of rotatable bonds is 9. The van der Waals surface area contributed by atoms with Gasteiger partial charge in [0, 0.05) is 17.0 Å². The van der Waals surface area contributed by atoms with Crippen LogP contribution in [0.3, 0.4) is 0 Å². The number of benzene rings is 1. The van der Waals surface area contributed by atoms with Gasteiger partial charge in [0.05, 0.1) is 0 Å². The summed E-state index contributed by atoms with van der Waals surface area (Å²) < 4.78 is 10.8. The number of ether oxygens (including phenoxy) is 1. The number of fused-ring (bicyclic) bond motifs is 1. The fraction of sp³-hybridized carbons (Fsp3) is 0.450. The van der Waals surface area contributed by atoms with Crippen LogP contribution in [0.15, 0.2) is 27.4 Å². The van der Waals surface area contributed by atoms with E-state index in [0.717, 1.165) is 17.4 Å². The fourth-order valence-corrected chi connectivity index (χ4v) is 2.90. The molecule has 0 aliphatic heterocycles. The van der Waals surface area contributed by atoms with E-state index in [2.05, 4.69) is 5.32 Å². The summed E-state index contributed by atoms with van der Waals surface area (Å²) in [7, 11) is 0. The normalized spacial score (nSPS) is 12.0. The molecule has 1 heterocycles. The van der Waals surface area contributed by atoms with Gasteiger partial charge in [-0.25, -0.2) is 9.59 Å². The fourth-order valence-electron chi connectivity index (χ4n) is 2.90. The van der Waals surface area contributed by atoms with Crippen LogP contribution in [0.5, 0.6) is 5.75 Å². The number of carboxylic acid groups (broad SMARTS) is 1. The Morgan fingerprint density at radius 1 is 1.30 bits per heavy atom. The van der Waals surface area contributed by atoms with Gasteiger partial charge in [0.2, 0.25) is 0 Å². The summed E-state index contributed by atoms with van der Waals surface area (Å²) in [6.07, 6.45) is 2.62. The SMILES string of the molecule is CCCC[C@@H](NC(=O)COc1ccc2c(CC)cc(=O)oc2c1C)C(=O)O. The van der Waals surface area contributed by atoms with Gasteiger partial charge in [-0.05, 0) is 37.5 Å². The summed E-state index contributed by atoms with van der Waals surface area (Å²) in [5.74, 6) is -1.16. The molecule has 2 rings (SSSR count). The molecule has 1 aromatic heterocycles. The minimum Gasteiger partial charge on any atom is -0.483 e. The van der Waals surface area contributed by atoms with Crippen LogP contribution in [0.4, 0.5) is 0 Å². The van der Waals surface area contributed by atoms with Gasteiger partial charge in [0.25, 0.3) is 5.91 Å². The second-order valence-corrected chi connectivity index (χ2v) is 6.40. The number of unbranched alkanes of at least 4 members (excludes halogenated alkanes) is 1. The molecule has 0 radical (unpaired) electrons. The van der Waals surface area contributed by atoms with E-state index in [9.17, 15) is 19.5 Å². The van der Waals surface area contributed by atoms with Gasteiger partial charge >= 0.3 is 11.6 Å². The standard InChI is InChI=1S/C20H25NO6/c1-4-6-7-15(20(24)25)21-17(22)11-26-16-9-8-14-13(5-2)10-18(23)27-19(14)12(16)3/h8-10,15H,4-7,11H2,1-3H3,(H,21,22)(H,24,25)/t15-/m1/s1. The predicted molar refractivity (Wildman–Crippen MR) is 101 cm³/mol. The molecule has 0 spiro atoms. The maximum absolute atomic E-state index is 12.1. The first-order chi connectivity index (χ1) is 12.9. The van der Waals surface area contributed by atoms with Crippen LogP contribution in [0.2, 0.25) is 0 Å². The van der Waals surface area contributed by atoms with Crippen LogP contribution in [-0.2, 0) is 16.0 Å². The van der Waals surface area contributed by atoms with Crippen molar-refractivity contribution >= 4 is 22.8 Å². The lowest BCUT2D eigenvalue weighted by molar-refractivity contribution is -0.142. The largest absolute Gasteiger partial charge is 0.483 e. The van der Waals surface area contributed by atoms with Gasteiger partial charge in [-0.15, -0.1) is 0 Å². The van der Waals surface area contributed by atoms with Crippen molar-refractivity contribution in [1.29, 1.82) is 0 Å². The van der Waals surface area contributed by atoms with Crippen molar-refractivity contribution < 1.29 is 23.8 Å². The second-order valence-electron chi connectivity index (χ2n) is 6.40. The molecule has 0 unspecified atom stereocenters. The minimum absolute atomic E-state index is 0.319. The number of carboxylic acids is 1. The topological polar surface area (TPSA) is 106 Å². The third kappa shape index (κ3) is 5.09. The Bertz CT molecular complexity index is 886. The lowest BCUT2D eigenvalue weighted by atomic mass is 10.0. The van der Waals surface area contributed by atoms with Crippen LogP contribution in [0.25, 0.3) is 11.0 Å². The monoisotopic (exact) mass is 375 g/mol. The molecule has 0 aliphatic rings. The van der Waals surface area contributed by atoms with Crippen molar-refractivity contribution in [2.45, 2.75) is 52.5 Å². The highest BCUT2D eigenvalue weighted by molar-refractivity contribution is 5.86. The Morgan fingerprint density at radius 2 is 2.04 bits per heavy atom. The first kappa shape index (κ1) is 20.5. The van der Waals surface area contributed by atoms with Crippen molar-refractivity contribution in [2.24, 2.45) is 0 Å². The lowest BCUT2D eigenvalue weighted by Gasteiger charge is -2.15. The lowest BCUT2D eigenvalue weighted by Crippen LogP contribution is -2.42. The van der Waals surface area contributed by atoms with E-state index in [4.69, 9.17) is 9.15 Å². The van der Waals surface area contributed by atoms with E-state index in [1.807, 2.05) is 13.8 Å². The number of aliphatic carboxylic acids is 1. The average molecular weight is 375 g/mol. The molecule has 1 aromatic carbocycles. The van der Waals surface area contributed by atoms with E-state index < -0.39 is 23.5 Å². The molecular weight excluding hydrogens is 350 g/mol. The van der Waals surface area contributed by atoms with E-state index in [0.29, 0.717) is 36.2 Å². The number of amides is 1. The average Bonchev–Trinajstić information content (AvgIpc) is 2.64. The molecule has 0 bridgehead atoms. The van der Waals surface area contributed by atoms with Crippen LogP contribution in [-0.4, -0.2) is 29.6 Å². The molecule has 27 heavy (non-hydrogen) atoms. The summed E-state index contributed by atoms with van der Waals surface area (Å²) >= 11 is 0. The van der Waals surface area contributed by atoms with Crippen molar-refractivity contribution in [3.05, 3.63) is 39.7 Å². The molecule has 2 aromatic rings. The summed E-state index contributed by atoms with van der Waals surface area (Å²) in [6, 6.07) is 4.05. The van der Waals surface area contributed by atoms with Crippen molar-refractivity contribution in [1.82, 2.24) is 5.32 Å². The van der Waals surface area contributed by atoms with Gasteiger partial charge in [-0.2, -0.15) is 0 Å². The number of hydrogen-bond donors (Lipinski definition) is 2. The summed E-state index contributed by atoms with van der Waals surface area (Å²) in [5.41, 5.74) is 1.50. The Morgan fingerprint density at radius 3 is 2.67 bits per heavy atom. The van der Waals surface area contributed by atoms with Crippen LogP contribution in [0.1, 0.15) is 44.2 Å². The highest BCUT2D eigenvalue weighted by Gasteiger charge is 2.20. The van der Waals surface area contributed by atoms with Gasteiger partial charge in [0.15, 0.2) is 6.61 Å². The number of carbonyl (C=O) groups is 2. The quantitative estimate of drug-likeness (QED) is 0.653. The third-order valence-corrected chi connectivity index (χ3v) is 4.42. The smallest absolute Gasteiger partial charge is 0.336 e. The molecule has 1 atom stereocenters. The molecule has 0 aliphatic carbocycles. The van der Waals surface area contributed by atoms with Crippen molar-refractivity contribution in [3.63, 3.8) is 0 Å². The Kier molecular flexibility index (Phi) is 6.98. The van der Waals surface area contributed by atoms with E-state index >= 15 is 0 Å². The number of nitrogens with one attached hydrogen (secondary N) is 1. The van der Waals surface area contributed by atoms with E-state index in [-0.39, 0.29) is 6.61 Å². The van der Waals surface area contributed by atoms with E-state index in [1.54, 1.807) is 19.1 Å². The maximum Gasteiger partial charge on any atom is 0.336 e. The highest BCUT2D eigenvalue weighted by atomic mass is 16.5. The first-order valence-electron chi connectivity index (χ1n) is 9.08. The van der Waals surface area contributed by atoms with Gasteiger partial charge in [-0.1, -0.05) is 26.7 Å². The Labute approximate surface area is 157 Å². The molecule has 7 heteroatoms. The van der Waals surface area contributed by atoms with Crippen molar-refractivity contribution in [2.75, 3.05) is 6.61 Å². The minimum atomic E-state index is -1.06. The summed E-state index contributed by atoms with van der Waals surface area (Å²) in [4.78, 5) is 35.0. The zero-order valence-corrected chi connectivity index (χ0v) is 15.8. The number of aryl methyl sites for hydroxylation is 2. The molecular formula is C20H25NO6. The summed E-state index contributed by atoms with van der Waals surface area (Å²) in [5, 5.41) is 12.5. The highest BCUT2D eigenvalue weighted by Crippen LogP contribution is 2.28. The third-order valence-electron chi connectivity index (χ3n) is 4.42. The molecule has 146 valence electrons. The van der Waals surface area contributed by atoms with Crippen LogP contribution >= 0.6 is 0 Å². The second kappa shape index (κ2) is 9.21. The van der Waals surface area contributed by atoms with Crippen LogP contribution in [0, 0.1) is 6.92 Å². The van der Waals surface area contributed by atoms with Gasteiger partial charge in [0.1, 0.15) is 17.4 Å². The van der Waals surface area contributed by atoms with E-state index in [1.165, 1.54) is 6.07 Å². The number of carbonyl (C=O) groups excluding carboxylic acids is 1. The zero-order valence-electron chi connectivity index (χ0n) is 15.8. The molecule has 0 fully saturated rings. The van der Waals surface area contributed by atoms with Crippen molar-refractivity contribution in [3.8, 4) is 5.75 Å². The van der Waals surface area contributed by atoms with Crippen LogP contribution < -0.4 is 15.7 Å². The van der Waals surface area contributed by atoms with Gasteiger partial charge < -0.3 is 19.6 Å². The predicted octanol–water partition coefficient (Wildman–Crippen LogP) is 2.80.